The molecular formula is C32H30F9NO2. The van der Waals surface area contributed by atoms with E-state index in [0.717, 1.165) is 16.7 Å². The largest absolute Gasteiger partial charge is 0.435 e. The Morgan fingerprint density at radius 1 is 0.614 bits per heavy atom. The molecule has 3 aromatic carbocycles. The zero-order valence-corrected chi connectivity index (χ0v) is 23.4. The van der Waals surface area contributed by atoms with Crippen LogP contribution >= 0.6 is 0 Å². The summed E-state index contributed by atoms with van der Waals surface area (Å²) >= 11 is 0. The number of nitrogens with zero attached hydrogens (tertiary/aromatic N) is 1. The topological polar surface area (TPSA) is 21.7 Å². The average molecular weight is 632 g/mol. The molecule has 0 radical (unpaired) electrons. The maximum atomic E-state index is 13.5. The molecule has 3 aromatic rings. The molecule has 2 aliphatic rings. The number of benzene rings is 3. The van der Waals surface area contributed by atoms with E-state index in [9.17, 15) is 39.5 Å². The van der Waals surface area contributed by atoms with Gasteiger partial charge in [0.05, 0.1) is 13.2 Å². The van der Waals surface area contributed by atoms with Crippen LogP contribution in [0.5, 0.6) is 0 Å². The van der Waals surface area contributed by atoms with E-state index in [1.165, 1.54) is 0 Å². The Bertz CT molecular complexity index is 1250. The van der Waals surface area contributed by atoms with E-state index in [4.69, 9.17) is 4.74 Å². The minimum atomic E-state index is -6.77. The molecule has 0 N–H and O–H groups in total. The third-order valence-corrected chi connectivity index (χ3v) is 8.82. The van der Waals surface area contributed by atoms with Crippen LogP contribution in [0.3, 0.4) is 0 Å². The molecule has 0 aromatic heterocycles. The summed E-state index contributed by atoms with van der Waals surface area (Å²) in [4.78, 5) is 1.67. The van der Waals surface area contributed by atoms with E-state index in [2.05, 4.69) is 4.74 Å². The Hall–Kier alpha value is -3.09. The smallest absolute Gasteiger partial charge is 0.359 e. The van der Waals surface area contributed by atoms with Gasteiger partial charge < -0.3 is 9.47 Å². The summed E-state index contributed by atoms with van der Waals surface area (Å²) in [7, 11) is 0. The third-order valence-electron chi connectivity index (χ3n) is 8.82. The lowest BCUT2D eigenvalue weighted by atomic mass is 9.79. The standard InChI is InChI=1S/C32H30F9NO2/c33-30(34,35)29(31(36,37)38,32(39,40)41)43-21-26-17-19-27(18-10-20-42(26)27)22-44-28(23-11-4-1-5-12-23,24-13-6-2-7-14-24)25-15-8-3-9-16-25/h1-9,11-16,26H,10,17-22H2/t26-,27-/m0/s1. The molecule has 2 atom stereocenters. The quantitative estimate of drug-likeness (QED) is 0.175. The van der Waals surface area contributed by atoms with Crippen LogP contribution in [-0.4, -0.2) is 60.4 Å². The molecule has 0 amide bonds. The maximum Gasteiger partial charge on any atom is 0.435 e. The van der Waals surface area contributed by atoms with Gasteiger partial charge in [-0.15, -0.1) is 0 Å². The number of ether oxygens (including phenoxy) is 2. The molecule has 238 valence electrons. The van der Waals surface area contributed by atoms with E-state index >= 15 is 0 Å². The van der Waals surface area contributed by atoms with Gasteiger partial charge in [0.15, 0.2) is 0 Å². The van der Waals surface area contributed by atoms with Crippen molar-refractivity contribution in [3.05, 3.63) is 108 Å². The fourth-order valence-electron chi connectivity index (χ4n) is 6.75. The Morgan fingerprint density at radius 3 is 1.45 bits per heavy atom. The monoisotopic (exact) mass is 631 g/mol. The Morgan fingerprint density at radius 2 is 1.05 bits per heavy atom. The predicted molar refractivity (Wildman–Crippen MR) is 144 cm³/mol. The SMILES string of the molecule is FC(F)(F)C(OC[C@@H]1CC[C@]2(COC(c3ccccc3)(c3ccccc3)c3ccccc3)CCCN12)(C(F)(F)F)C(F)(F)F. The second-order valence-electron chi connectivity index (χ2n) is 11.3. The third kappa shape index (κ3) is 5.38. The van der Waals surface area contributed by atoms with Gasteiger partial charge in [0.2, 0.25) is 0 Å². The van der Waals surface area contributed by atoms with Gasteiger partial charge in [0.25, 0.3) is 0 Å². The van der Waals surface area contributed by atoms with Gasteiger partial charge >= 0.3 is 24.1 Å². The van der Waals surface area contributed by atoms with Crippen molar-refractivity contribution in [2.24, 2.45) is 0 Å². The molecule has 0 aliphatic carbocycles. The normalized spacial score (nSPS) is 21.9. The molecule has 0 unspecified atom stereocenters. The minimum absolute atomic E-state index is 0.0190. The summed E-state index contributed by atoms with van der Waals surface area (Å²) in [5.74, 6) is 0. The lowest BCUT2D eigenvalue weighted by molar-refractivity contribution is -0.458. The Balaban J connectivity index is 1.47. The molecule has 2 aliphatic heterocycles. The van der Waals surface area contributed by atoms with Crippen molar-refractivity contribution in [2.45, 2.75) is 67.0 Å². The summed E-state index contributed by atoms with van der Waals surface area (Å²) in [5, 5.41) is 0. The first kappa shape index (κ1) is 32.3. The van der Waals surface area contributed by atoms with Crippen LogP contribution in [0.15, 0.2) is 91.0 Å². The van der Waals surface area contributed by atoms with E-state index in [1.807, 2.05) is 91.0 Å². The molecule has 5 rings (SSSR count). The Labute approximate surface area is 248 Å². The molecule has 0 saturated carbocycles. The highest BCUT2D eigenvalue weighted by Gasteiger charge is 2.85. The van der Waals surface area contributed by atoms with E-state index in [0.29, 0.717) is 19.3 Å². The molecule has 44 heavy (non-hydrogen) atoms. The van der Waals surface area contributed by atoms with Crippen LogP contribution in [0.1, 0.15) is 42.4 Å². The van der Waals surface area contributed by atoms with Crippen molar-refractivity contribution in [1.82, 2.24) is 4.90 Å². The summed E-state index contributed by atoms with van der Waals surface area (Å²) in [5.41, 5.74) is -5.88. The van der Waals surface area contributed by atoms with Crippen LogP contribution < -0.4 is 0 Å². The summed E-state index contributed by atoms with van der Waals surface area (Å²) in [6.07, 6.45) is -18.9. The van der Waals surface area contributed by atoms with Crippen molar-refractivity contribution >= 4 is 0 Å². The lowest BCUT2D eigenvalue weighted by Crippen LogP contribution is -2.68. The van der Waals surface area contributed by atoms with Gasteiger partial charge in [-0.25, -0.2) is 0 Å². The zero-order chi connectivity index (χ0) is 31.9. The molecule has 3 nitrogen and oxygen atoms in total. The highest BCUT2D eigenvalue weighted by atomic mass is 19.4. The van der Waals surface area contributed by atoms with Crippen molar-refractivity contribution in [2.75, 3.05) is 19.8 Å². The van der Waals surface area contributed by atoms with Gasteiger partial charge in [-0.1, -0.05) is 91.0 Å². The number of rotatable bonds is 9. The van der Waals surface area contributed by atoms with Crippen LogP contribution in [0.4, 0.5) is 39.5 Å². The van der Waals surface area contributed by atoms with Crippen molar-refractivity contribution in [1.29, 1.82) is 0 Å². The van der Waals surface area contributed by atoms with Crippen LogP contribution in [0.25, 0.3) is 0 Å². The van der Waals surface area contributed by atoms with Gasteiger partial charge in [-0.2, -0.15) is 39.5 Å². The number of alkyl halides is 9. The zero-order valence-electron chi connectivity index (χ0n) is 23.4. The summed E-state index contributed by atoms with van der Waals surface area (Å²) in [6, 6.07) is 27.0. The van der Waals surface area contributed by atoms with E-state index in [-0.39, 0.29) is 19.6 Å². The summed E-state index contributed by atoms with van der Waals surface area (Å²) < 4.78 is 133. The second kappa shape index (κ2) is 11.7. The summed E-state index contributed by atoms with van der Waals surface area (Å²) in [6.45, 7) is -1.12. The maximum absolute atomic E-state index is 13.5. The van der Waals surface area contributed by atoms with Crippen molar-refractivity contribution in [3.63, 3.8) is 0 Å². The molecule has 0 spiro atoms. The first-order valence-corrected chi connectivity index (χ1v) is 14.1. The van der Waals surface area contributed by atoms with Gasteiger partial charge in [0.1, 0.15) is 5.60 Å². The van der Waals surface area contributed by atoms with Gasteiger partial charge in [-0.05, 0) is 48.9 Å². The van der Waals surface area contributed by atoms with E-state index in [1.54, 1.807) is 4.90 Å². The van der Waals surface area contributed by atoms with E-state index < -0.39 is 47.9 Å². The van der Waals surface area contributed by atoms with Gasteiger partial charge in [0, 0.05) is 11.6 Å². The van der Waals surface area contributed by atoms with Crippen molar-refractivity contribution < 1.29 is 49.0 Å². The number of fused-ring (bicyclic) bond motifs is 1. The fraction of sp³-hybridized carbons (Fsp3) is 0.438. The average Bonchev–Trinajstić information content (AvgIpc) is 3.53. The molecule has 2 saturated heterocycles. The minimum Gasteiger partial charge on any atom is -0.359 e. The predicted octanol–water partition coefficient (Wildman–Crippen LogP) is 8.43. The lowest BCUT2D eigenvalue weighted by Gasteiger charge is -2.42. The molecule has 12 heteroatoms. The molecular weight excluding hydrogens is 601 g/mol. The number of halogens is 9. The molecule has 2 fully saturated rings. The Kier molecular flexibility index (Phi) is 8.58. The number of hydrogen-bond donors (Lipinski definition) is 0. The van der Waals surface area contributed by atoms with Crippen molar-refractivity contribution in [3.8, 4) is 0 Å². The van der Waals surface area contributed by atoms with Crippen LogP contribution in [-0.2, 0) is 15.1 Å². The fourth-order valence-corrected chi connectivity index (χ4v) is 6.75. The number of hydrogen-bond acceptors (Lipinski definition) is 3. The molecule has 0 bridgehead atoms. The first-order valence-electron chi connectivity index (χ1n) is 14.1. The van der Waals surface area contributed by atoms with Crippen LogP contribution in [0.2, 0.25) is 0 Å². The highest BCUT2D eigenvalue weighted by Crippen LogP contribution is 2.55. The first-order chi connectivity index (χ1) is 20.7. The second-order valence-corrected chi connectivity index (χ2v) is 11.3. The van der Waals surface area contributed by atoms with Crippen LogP contribution in [0, 0.1) is 0 Å². The molecule has 2 heterocycles. The highest BCUT2D eigenvalue weighted by molar-refractivity contribution is 5.47. The van der Waals surface area contributed by atoms with Gasteiger partial charge in [-0.3, -0.25) is 4.90 Å².